The quantitative estimate of drug-likeness (QED) is 0.155. The summed E-state index contributed by atoms with van der Waals surface area (Å²) in [5, 5.41) is 21.9. The summed E-state index contributed by atoms with van der Waals surface area (Å²) in [6.07, 6.45) is 3.41. The van der Waals surface area contributed by atoms with Gasteiger partial charge in [0.2, 0.25) is 5.91 Å². The predicted molar refractivity (Wildman–Crippen MR) is 175 cm³/mol. The van der Waals surface area contributed by atoms with E-state index in [-0.39, 0.29) is 39.1 Å². The van der Waals surface area contributed by atoms with Gasteiger partial charge in [-0.3, -0.25) is 19.7 Å². The second kappa shape index (κ2) is 12.8. The van der Waals surface area contributed by atoms with Gasteiger partial charge in [0.25, 0.3) is 11.6 Å². The molecule has 5 atom stereocenters. The molecule has 3 aliphatic rings. The Hall–Kier alpha value is -3.68. The van der Waals surface area contributed by atoms with Crippen LogP contribution in [0.3, 0.4) is 0 Å². The van der Waals surface area contributed by atoms with E-state index in [1.165, 1.54) is 17.0 Å². The van der Waals surface area contributed by atoms with Crippen molar-refractivity contribution < 1.29 is 33.0 Å². The number of hydrogen-bond donors (Lipinski definition) is 1. The number of likely N-dealkylation sites (tertiary alicyclic amines) is 1. The minimum absolute atomic E-state index is 0.0514. The van der Waals surface area contributed by atoms with Crippen molar-refractivity contribution in [2.75, 3.05) is 13.1 Å². The van der Waals surface area contributed by atoms with Crippen molar-refractivity contribution in [1.29, 1.82) is 0 Å². The fraction of sp³-hybridized carbons (Fsp3) is 0.485. The highest BCUT2D eigenvalue weighted by Gasteiger charge is 2.67. The summed E-state index contributed by atoms with van der Waals surface area (Å²) in [5.41, 5.74) is -0.720. The molecule has 46 heavy (non-hydrogen) atoms. The van der Waals surface area contributed by atoms with Crippen LogP contribution in [0.15, 0.2) is 64.0 Å². The van der Waals surface area contributed by atoms with Crippen molar-refractivity contribution in [3.8, 4) is 0 Å². The third-order valence-electron chi connectivity index (χ3n) is 9.13. The standard InChI is InChI=1S/C33H41N3O8SSi/c1-21(44-46(3,4)5)26-28-33(2,20-22-14-16-23(17-15-22)36(41)42)29(27(32(39)40)35(28)31(26)38)45(43)25-13-9-8-12-24(25)30(37)34-18-10-6-7-11-19-34/h8-9,12-17,21,26,28H,6-7,10-11,18-20H2,1-5H3,(H,39,40)/t21?,26?,28-,33?,45?/m0/s1. The van der Waals surface area contributed by atoms with Crippen molar-refractivity contribution >= 4 is 42.6 Å². The first-order valence-corrected chi connectivity index (χ1v) is 20.2. The molecule has 5 rings (SSSR count). The van der Waals surface area contributed by atoms with Gasteiger partial charge in [-0.1, -0.05) is 44.0 Å². The summed E-state index contributed by atoms with van der Waals surface area (Å²) in [7, 11) is -4.27. The van der Waals surface area contributed by atoms with E-state index in [0.717, 1.165) is 25.7 Å². The monoisotopic (exact) mass is 667 g/mol. The number of carboxylic acid groups (broad SMARTS) is 1. The third kappa shape index (κ3) is 6.19. The van der Waals surface area contributed by atoms with Crippen LogP contribution in [0.2, 0.25) is 19.6 Å². The fourth-order valence-corrected chi connectivity index (χ4v) is 10.3. The number of carbonyl (C=O) groups is 3. The van der Waals surface area contributed by atoms with Gasteiger partial charge >= 0.3 is 5.97 Å². The molecule has 2 aromatic rings. The van der Waals surface area contributed by atoms with Crippen LogP contribution in [0.1, 0.15) is 55.5 Å². The van der Waals surface area contributed by atoms with Gasteiger partial charge in [0.15, 0.2) is 8.32 Å². The molecule has 2 fully saturated rings. The minimum Gasteiger partial charge on any atom is -0.477 e. The van der Waals surface area contributed by atoms with Crippen LogP contribution in [0.4, 0.5) is 5.69 Å². The van der Waals surface area contributed by atoms with Crippen LogP contribution in [-0.4, -0.2) is 75.4 Å². The number of nitro benzene ring substituents is 1. The molecule has 2 saturated heterocycles. The number of amides is 2. The number of fused-ring (bicyclic) bond motifs is 1. The molecule has 11 nitrogen and oxygen atoms in total. The average Bonchev–Trinajstić information content (AvgIpc) is 3.13. The maximum Gasteiger partial charge on any atom is 0.353 e. The van der Waals surface area contributed by atoms with E-state index < -0.39 is 59.4 Å². The number of nitrogens with zero attached hydrogens (tertiary/aromatic N) is 3. The number of carboxylic acids is 1. The molecule has 2 aromatic carbocycles. The molecule has 0 spiro atoms. The van der Waals surface area contributed by atoms with Crippen LogP contribution >= 0.6 is 0 Å². The van der Waals surface area contributed by atoms with Crippen LogP contribution in [0.25, 0.3) is 0 Å². The Labute approximate surface area is 272 Å². The lowest BCUT2D eigenvalue weighted by molar-refractivity contribution is -0.384. The van der Waals surface area contributed by atoms with E-state index in [1.807, 2.05) is 26.6 Å². The van der Waals surface area contributed by atoms with Gasteiger partial charge in [-0.25, -0.2) is 9.00 Å². The first kappa shape index (κ1) is 33.7. The van der Waals surface area contributed by atoms with E-state index in [2.05, 4.69) is 0 Å². The molecule has 0 aromatic heterocycles. The summed E-state index contributed by atoms with van der Waals surface area (Å²) >= 11 is 0. The lowest BCUT2D eigenvalue weighted by Crippen LogP contribution is -2.67. The number of hydrogen-bond acceptors (Lipinski definition) is 7. The highest BCUT2D eigenvalue weighted by Crippen LogP contribution is 2.58. The molecule has 3 heterocycles. The van der Waals surface area contributed by atoms with Crippen molar-refractivity contribution in [2.24, 2.45) is 11.3 Å². The molecule has 3 aliphatic heterocycles. The Kier molecular flexibility index (Phi) is 9.40. The Morgan fingerprint density at radius 3 is 2.26 bits per heavy atom. The molecule has 0 saturated carbocycles. The van der Waals surface area contributed by atoms with Gasteiger partial charge in [-0.15, -0.1) is 0 Å². The zero-order valence-corrected chi connectivity index (χ0v) is 28.7. The van der Waals surface area contributed by atoms with E-state index in [1.54, 1.807) is 48.2 Å². The van der Waals surface area contributed by atoms with E-state index >= 15 is 0 Å². The SMILES string of the molecule is CC(O[Si](C)(C)C)C1C(=O)N2C(C(=O)O)=C(S(=O)c3ccccc3C(=O)N3CCCCCC3)C(C)(Cc3ccc([N+](=O)[O-])cc3)[C@H]12. The van der Waals surface area contributed by atoms with E-state index in [0.29, 0.717) is 18.7 Å². The number of rotatable bonds is 10. The second-order valence-corrected chi connectivity index (χ2v) is 19.4. The van der Waals surface area contributed by atoms with Crippen molar-refractivity contribution in [3.63, 3.8) is 0 Å². The fourth-order valence-electron chi connectivity index (χ4n) is 7.25. The Balaban J connectivity index is 1.64. The highest BCUT2D eigenvalue weighted by molar-refractivity contribution is 7.89. The maximum absolute atomic E-state index is 14.9. The predicted octanol–water partition coefficient (Wildman–Crippen LogP) is 5.34. The van der Waals surface area contributed by atoms with Gasteiger partial charge in [-0.05, 0) is 63.5 Å². The molecular formula is C33H41N3O8SSi. The minimum atomic E-state index is -2.15. The normalized spacial score (nSPS) is 24.6. The summed E-state index contributed by atoms with van der Waals surface area (Å²) < 4.78 is 21.2. The number of nitro groups is 1. The summed E-state index contributed by atoms with van der Waals surface area (Å²) in [4.78, 5) is 54.7. The molecular weight excluding hydrogens is 627 g/mol. The van der Waals surface area contributed by atoms with Gasteiger partial charge in [0.05, 0.1) is 49.2 Å². The first-order chi connectivity index (χ1) is 21.7. The molecule has 0 bridgehead atoms. The molecule has 0 radical (unpaired) electrons. The molecule has 0 aliphatic carbocycles. The molecule has 13 heteroatoms. The molecule has 2 amide bonds. The van der Waals surface area contributed by atoms with Crippen LogP contribution < -0.4 is 0 Å². The number of benzene rings is 2. The lowest BCUT2D eigenvalue weighted by atomic mass is 9.67. The molecule has 1 N–H and O–H groups in total. The number of non-ortho nitro benzene ring substituents is 1. The van der Waals surface area contributed by atoms with Gasteiger partial charge < -0.3 is 19.3 Å². The van der Waals surface area contributed by atoms with Gasteiger partial charge in [-0.2, -0.15) is 0 Å². The lowest BCUT2D eigenvalue weighted by Gasteiger charge is -2.52. The topological polar surface area (TPSA) is 147 Å². The number of aliphatic carboxylic acids is 1. The zero-order valence-electron chi connectivity index (χ0n) is 26.9. The van der Waals surface area contributed by atoms with Crippen LogP contribution in [-0.2, 0) is 31.2 Å². The molecule has 4 unspecified atom stereocenters. The van der Waals surface area contributed by atoms with Gasteiger partial charge in [0.1, 0.15) is 5.70 Å². The average molecular weight is 668 g/mol. The van der Waals surface area contributed by atoms with Gasteiger partial charge in [0, 0.05) is 30.6 Å². The van der Waals surface area contributed by atoms with E-state index in [4.69, 9.17) is 4.43 Å². The van der Waals surface area contributed by atoms with Crippen molar-refractivity contribution in [2.45, 2.75) is 82.6 Å². The maximum atomic E-state index is 14.9. The smallest absolute Gasteiger partial charge is 0.353 e. The summed E-state index contributed by atoms with van der Waals surface area (Å²) in [6.45, 7) is 10.8. The Bertz CT molecular complexity index is 1610. The van der Waals surface area contributed by atoms with Crippen LogP contribution in [0, 0.1) is 21.4 Å². The summed E-state index contributed by atoms with van der Waals surface area (Å²) in [6, 6.07) is 11.8. The second-order valence-electron chi connectivity index (χ2n) is 13.6. The number of carbonyl (C=O) groups excluding carboxylic acids is 2. The third-order valence-corrected chi connectivity index (χ3v) is 12.0. The summed E-state index contributed by atoms with van der Waals surface area (Å²) in [5.74, 6) is -2.76. The highest BCUT2D eigenvalue weighted by atomic mass is 32.2. The van der Waals surface area contributed by atoms with E-state index in [9.17, 15) is 33.8 Å². The Morgan fingerprint density at radius 2 is 1.70 bits per heavy atom. The largest absolute Gasteiger partial charge is 0.477 e. The van der Waals surface area contributed by atoms with Crippen LogP contribution in [0.5, 0.6) is 0 Å². The number of β-lactam (4-membered cyclic amide) rings is 1. The first-order valence-electron chi connectivity index (χ1n) is 15.7. The Morgan fingerprint density at radius 1 is 1.09 bits per heavy atom. The molecule has 246 valence electrons. The van der Waals surface area contributed by atoms with Crippen molar-refractivity contribution in [1.82, 2.24) is 9.80 Å². The van der Waals surface area contributed by atoms with Crippen molar-refractivity contribution in [3.05, 3.63) is 80.4 Å². The zero-order chi connectivity index (χ0) is 33.6.